The maximum absolute atomic E-state index is 11.7. The minimum Gasteiger partial charge on any atom is -0.464 e. The molecule has 0 aromatic carbocycles. The summed E-state index contributed by atoms with van der Waals surface area (Å²) in [6.45, 7) is 5.18. The van der Waals surface area contributed by atoms with Crippen LogP contribution < -0.4 is 0 Å². The summed E-state index contributed by atoms with van der Waals surface area (Å²) in [7, 11) is 1.27. The molecule has 0 saturated heterocycles. The number of nitrogens with zero attached hydrogens (tertiary/aromatic N) is 4. The van der Waals surface area contributed by atoms with Gasteiger partial charge in [-0.2, -0.15) is 0 Å². The van der Waals surface area contributed by atoms with Crippen LogP contribution in [-0.2, 0) is 16.1 Å². The van der Waals surface area contributed by atoms with Crippen LogP contribution in [0.3, 0.4) is 0 Å². The lowest BCUT2D eigenvalue weighted by Gasteiger charge is -2.17. The number of amides is 1. The Hall–Kier alpha value is -1.92. The first-order chi connectivity index (χ1) is 8.12. The van der Waals surface area contributed by atoms with Gasteiger partial charge in [-0.25, -0.2) is 9.48 Å². The molecule has 0 saturated carbocycles. The van der Waals surface area contributed by atoms with Gasteiger partial charge in [0.25, 0.3) is 0 Å². The second kappa shape index (κ2) is 5.97. The summed E-state index contributed by atoms with van der Waals surface area (Å²) in [4.78, 5) is 24.5. The first-order valence-electron chi connectivity index (χ1n) is 5.38. The van der Waals surface area contributed by atoms with Gasteiger partial charge in [0.15, 0.2) is 5.69 Å². The van der Waals surface area contributed by atoms with Crippen LogP contribution in [0.4, 0.5) is 0 Å². The van der Waals surface area contributed by atoms with E-state index in [1.165, 1.54) is 18.0 Å². The van der Waals surface area contributed by atoms with Crippen molar-refractivity contribution in [1.82, 2.24) is 19.9 Å². The zero-order chi connectivity index (χ0) is 12.8. The molecule has 94 valence electrons. The Morgan fingerprint density at radius 3 is 2.59 bits per heavy atom. The van der Waals surface area contributed by atoms with Gasteiger partial charge in [0.05, 0.1) is 13.3 Å². The van der Waals surface area contributed by atoms with Gasteiger partial charge in [-0.1, -0.05) is 5.21 Å². The molecule has 1 aromatic heterocycles. The normalized spacial score (nSPS) is 10.1. The van der Waals surface area contributed by atoms with Crippen LogP contribution in [0.15, 0.2) is 6.20 Å². The van der Waals surface area contributed by atoms with E-state index in [0.717, 1.165) is 0 Å². The van der Waals surface area contributed by atoms with Crippen LogP contribution in [0.5, 0.6) is 0 Å². The third kappa shape index (κ3) is 3.27. The van der Waals surface area contributed by atoms with Crippen molar-refractivity contribution >= 4 is 11.9 Å². The van der Waals surface area contributed by atoms with Gasteiger partial charge < -0.3 is 9.64 Å². The van der Waals surface area contributed by atoms with Gasteiger partial charge >= 0.3 is 5.97 Å². The second-order valence-electron chi connectivity index (χ2n) is 3.36. The molecule has 0 atom stereocenters. The first-order valence-corrected chi connectivity index (χ1v) is 5.38. The number of likely N-dealkylation sites (N-methyl/N-ethyl adjacent to an activating group) is 1. The molecule has 0 fully saturated rings. The molecule has 0 radical (unpaired) electrons. The number of aromatic nitrogens is 3. The van der Waals surface area contributed by atoms with Crippen molar-refractivity contribution in [2.45, 2.75) is 20.4 Å². The largest absolute Gasteiger partial charge is 0.464 e. The highest BCUT2D eigenvalue weighted by Gasteiger charge is 2.14. The smallest absolute Gasteiger partial charge is 0.360 e. The molecule has 0 aliphatic heterocycles. The third-order valence-corrected chi connectivity index (χ3v) is 2.35. The van der Waals surface area contributed by atoms with Crippen molar-refractivity contribution in [2.24, 2.45) is 0 Å². The Labute approximate surface area is 99.3 Å². The number of hydrogen-bond donors (Lipinski definition) is 0. The van der Waals surface area contributed by atoms with Gasteiger partial charge in [0.2, 0.25) is 5.91 Å². The predicted molar refractivity (Wildman–Crippen MR) is 59.3 cm³/mol. The fraction of sp³-hybridized carbons (Fsp3) is 0.600. The fourth-order valence-corrected chi connectivity index (χ4v) is 1.39. The average Bonchev–Trinajstić information content (AvgIpc) is 2.78. The highest BCUT2D eigenvalue weighted by Crippen LogP contribution is 1.97. The molecular weight excluding hydrogens is 224 g/mol. The minimum absolute atomic E-state index is 0.0590. The lowest BCUT2D eigenvalue weighted by Crippen LogP contribution is -2.33. The lowest BCUT2D eigenvalue weighted by atomic mass is 10.4. The topological polar surface area (TPSA) is 77.3 Å². The fourth-order valence-electron chi connectivity index (χ4n) is 1.39. The van der Waals surface area contributed by atoms with E-state index in [-0.39, 0.29) is 18.1 Å². The lowest BCUT2D eigenvalue weighted by molar-refractivity contribution is -0.131. The Kier molecular flexibility index (Phi) is 4.62. The second-order valence-corrected chi connectivity index (χ2v) is 3.36. The highest BCUT2D eigenvalue weighted by atomic mass is 16.5. The van der Waals surface area contributed by atoms with Crippen molar-refractivity contribution < 1.29 is 14.3 Å². The molecule has 1 rings (SSSR count). The quantitative estimate of drug-likeness (QED) is 0.673. The molecule has 0 spiro atoms. The predicted octanol–water partition coefficient (Wildman–Crippen LogP) is -0.0669. The van der Waals surface area contributed by atoms with Crippen LogP contribution in [0.25, 0.3) is 0 Å². The van der Waals surface area contributed by atoms with Crippen LogP contribution in [0.1, 0.15) is 24.3 Å². The van der Waals surface area contributed by atoms with E-state index in [1.54, 1.807) is 4.90 Å². The average molecular weight is 240 g/mol. The summed E-state index contributed by atoms with van der Waals surface area (Å²) in [5.41, 5.74) is 0.0971. The van der Waals surface area contributed by atoms with E-state index in [0.29, 0.717) is 13.1 Å². The molecule has 0 unspecified atom stereocenters. The molecule has 1 heterocycles. The summed E-state index contributed by atoms with van der Waals surface area (Å²) < 4.78 is 5.82. The number of rotatable bonds is 5. The molecule has 7 nitrogen and oxygen atoms in total. The molecule has 0 aliphatic carbocycles. The summed E-state index contributed by atoms with van der Waals surface area (Å²) in [5, 5.41) is 7.31. The molecule has 1 aromatic rings. The number of esters is 1. The molecular formula is C10H16N4O3. The van der Waals surface area contributed by atoms with Crippen molar-refractivity contribution in [3.63, 3.8) is 0 Å². The van der Waals surface area contributed by atoms with Crippen LogP contribution in [0.2, 0.25) is 0 Å². The molecule has 0 bridgehead atoms. The Bertz CT molecular complexity index is 398. The number of hydrogen-bond acceptors (Lipinski definition) is 5. The van der Waals surface area contributed by atoms with Crippen LogP contribution in [-0.4, -0.2) is 52.0 Å². The van der Waals surface area contributed by atoms with E-state index in [1.807, 2.05) is 13.8 Å². The zero-order valence-electron chi connectivity index (χ0n) is 10.2. The standard InChI is InChI=1S/C10H16N4O3/c1-4-13(5-2)9(15)7-14-6-8(11-12-14)10(16)17-3/h6H,4-5,7H2,1-3H3. The van der Waals surface area contributed by atoms with Crippen molar-refractivity contribution in [3.8, 4) is 0 Å². The highest BCUT2D eigenvalue weighted by molar-refractivity contribution is 5.86. The van der Waals surface area contributed by atoms with Gasteiger partial charge in [-0.05, 0) is 13.8 Å². The van der Waals surface area contributed by atoms with Gasteiger partial charge in [-0.3, -0.25) is 4.79 Å². The van der Waals surface area contributed by atoms with Gasteiger partial charge in [-0.15, -0.1) is 5.10 Å². The molecule has 0 aliphatic rings. The number of carbonyl (C=O) groups is 2. The van der Waals surface area contributed by atoms with Crippen LogP contribution in [0, 0.1) is 0 Å². The Morgan fingerprint density at radius 1 is 1.41 bits per heavy atom. The van der Waals surface area contributed by atoms with Gasteiger partial charge in [0, 0.05) is 13.1 Å². The first kappa shape index (κ1) is 13.1. The summed E-state index contributed by atoms with van der Waals surface area (Å²) in [6, 6.07) is 0. The number of methoxy groups -OCH3 is 1. The van der Waals surface area contributed by atoms with Crippen molar-refractivity contribution in [3.05, 3.63) is 11.9 Å². The summed E-state index contributed by atoms with van der Waals surface area (Å²) in [5.74, 6) is -0.622. The van der Waals surface area contributed by atoms with Gasteiger partial charge in [0.1, 0.15) is 6.54 Å². The SMILES string of the molecule is CCN(CC)C(=O)Cn1cc(C(=O)OC)nn1. The third-order valence-electron chi connectivity index (χ3n) is 2.35. The Morgan fingerprint density at radius 2 is 2.06 bits per heavy atom. The van der Waals surface area contributed by atoms with Crippen LogP contribution >= 0.6 is 0 Å². The van der Waals surface area contributed by atoms with E-state index in [9.17, 15) is 9.59 Å². The number of ether oxygens (including phenoxy) is 1. The Balaban J connectivity index is 2.66. The number of carbonyl (C=O) groups excluding carboxylic acids is 2. The molecule has 7 heteroatoms. The maximum Gasteiger partial charge on any atom is 0.360 e. The maximum atomic E-state index is 11.7. The monoisotopic (exact) mass is 240 g/mol. The van der Waals surface area contributed by atoms with Crippen molar-refractivity contribution in [1.29, 1.82) is 0 Å². The minimum atomic E-state index is -0.563. The summed E-state index contributed by atoms with van der Waals surface area (Å²) in [6.07, 6.45) is 1.40. The van der Waals surface area contributed by atoms with E-state index in [2.05, 4.69) is 15.0 Å². The molecule has 1 amide bonds. The molecule has 0 N–H and O–H groups in total. The summed E-state index contributed by atoms with van der Waals surface area (Å²) >= 11 is 0. The van der Waals surface area contributed by atoms with E-state index in [4.69, 9.17) is 0 Å². The van der Waals surface area contributed by atoms with E-state index < -0.39 is 5.97 Å². The molecule has 17 heavy (non-hydrogen) atoms. The van der Waals surface area contributed by atoms with Crippen molar-refractivity contribution in [2.75, 3.05) is 20.2 Å². The zero-order valence-corrected chi connectivity index (χ0v) is 10.2. The van der Waals surface area contributed by atoms with E-state index >= 15 is 0 Å².